The van der Waals surface area contributed by atoms with Gasteiger partial charge in [-0.1, -0.05) is 11.6 Å². The first-order valence-electron chi connectivity index (χ1n) is 8.15. The molecule has 0 aliphatic rings. The second kappa shape index (κ2) is 7.75. The summed E-state index contributed by atoms with van der Waals surface area (Å²) < 4.78 is 5.64. The summed E-state index contributed by atoms with van der Waals surface area (Å²) in [6.45, 7) is 4.85. The number of nitrogen functional groups attached to an aromatic ring is 1. The minimum absolute atomic E-state index is 0.107. The van der Waals surface area contributed by atoms with Crippen LogP contribution in [0.1, 0.15) is 40.1 Å². The first-order valence-corrected chi connectivity index (χ1v) is 8.15. The van der Waals surface area contributed by atoms with E-state index >= 15 is 0 Å². The molecule has 0 saturated carbocycles. The van der Waals surface area contributed by atoms with Crippen molar-refractivity contribution in [2.24, 2.45) is 0 Å². The van der Waals surface area contributed by atoms with Crippen molar-refractivity contribution in [3.05, 3.63) is 39.2 Å². The maximum absolute atomic E-state index is 12.2. The number of benzene rings is 1. The second-order valence-corrected chi connectivity index (χ2v) is 6.37. The van der Waals surface area contributed by atoms with E-state index < -0.39 is 53.2 Å². The second-order valence-electron chi connectivity index (χ2n) is 6.37. The zero-order chi connectivity index (χ0) is 21.3. The summed E-state index contributed by atoms with van der Waals surface area (Å²) in [5, 5.41) is 38.6. The zero-order valence-electron chi connectivity index (χ0n) is 15.3. The molecule has 0 unspecified atom stereocenters. The van der Waals surface area contributed by atoms with Crippen molar-refractivity contribution in [1.82, 2.24) is 4.98 Å². The molecule has 1 aromatic heterocycles. The van der Waals surface area contributed by atoms with E-state index in [2.05, 4.69) is 0 Å². The number of aromatic nitrogens is 1. The van der Waals surface area contributed by atoms with Gasteiger partial charge in [0.25, 0.3) is 5.56 Å². The van der Waals surface area contributed by atoms with Crippen LogP contribution >= 0.6 is 0 Å². The molecule has 0 amide bonds. The number of carbonyl (C=O) groups is 2. The third kappa shape index (κ3) is 3.85. The molecule has 1 aromatic carbocycles. The van der Waals surface area contributed by atoms with Gasteiger partial charge in [-0.3, -0.25) is 4.79 Å². The number of hydrogen-bond acceptors (Lipinski definition) is 7. The molecule has 148 valence electrons. The van der Waals surface area contributed by atoms with Gasteiger partial charge in [-0.2, -0.15) is 0 Å². The fourth-order valence-corrected chi connectivity index (χ4v) is 2.86. The Morgan fingerprint density at radius 2 is 1.71 bits per heavy atom. The standard InChI is InChI=1S/C17H19BN2O8/c1-6(2)28-13-8(4-7(3)5-9(13)18(26)27)10-11(16(22)23)14(19)20-15(21)12(10)17(24)25/h4-6,26-27H,1-3H3,(H,22,23)(H,24,25)(H3,19,20,21). The Labute approximate surface area is 159 Å². The van der Waals surface area contributed by atoms with Crippen molar-refractivity contribution < 1.29 is 34.6 Å². The van der Waals surface area contributed by atoms with Crippen molar-refractivity contribution in [3.8, 4) is 16.9 Å². The lowest BCUT2D eigenvalue weighted by Gasteiger charge is -2.21. The Balaban J connectivity index is 3.13. The summed E-state index contributed by atoms with van der Waals surface area (Å²) in [5.41, 5.74) is 2.78. The quantitative estimate of drug-likeness (QED) is 0.364. The Bertz CT molecular complexity index is 1010. The number of aromatic carboxylic acids is 2. The van der Waals surface area contributed by atoms with Crippen LogP contribution in [0.25, 0.3) is 11.1 Å². The molecule has 0 aliphatic carbocycles. The van der Waals surface area contributed by atoms with Gasteiger partial charge < -0.3 is 35.7 Å². The van der Waals surface area contributed by atoms with Crippen molar-refractivity contribution in [1.29, 1.82) is 0 Å². The van der Waals surface area contributed by atoms with E-state index in [0.717, 1.165) is 0 Å². The summed E-state index contributed by atoms with van der Waals surface area (Å²) >= 11 is 0. The molecular formula is C17H19BN2O8. The monoisotopic (exact) mass is 390 g/mol. The summed E-state index contributed by atoms with van der Waals surface area (Å²) in [4.78, 5) is 37.8. The van der Waals surface area contributed by atoms with E-state index in [9.17, 15) is 34.6 Å². The highest BCUT2D eigenvalue weighted by Crippen LogP contribution is 2.36. The predicted octanol–water partition coefficient (Wildman–Crippen LogP) is -0.204. The molecule has 0 radical (unpaired) electrons. The third-order valence-corrected chi connectivity index (χ3v) is 3.84. The molecule has 2 aromatic rings. The lowest BCUT2D eigenvalue weighted by Crippen LogP contribution is -2.33. The lowest BCUT2D eigenvalue weighted by atomic mass is 9.76. The molecule has 0 spiro atoms. The highest BCUT2D eigenvalue weighted by Gasteiger charge is 2.31. The first kappa shape index (κ1) is 21.0. The van der Waals surface area contributed by atoms with Gasteiger partial charge in [0, 0.05) is 16.6 Å². The summed E-state index contributed by atoms with van der Waals surface area (Å²) in [6, 6.07) is 2.78. The number of pyridine rings is 1. The zero-order valence-corrected chi connectivity index (χ0v) is 15.3. The number of nitrogens with one attached hydrogen (secondary N) is 1. The van der Waals surface area contributed by atoms with Crippen LogP contribution in [0.3, 0.4) is 0 Å². The largest absolute Gasteiger partial charge is 0.492 e. The van der Waals surface area contributed by atoms with Gasteiger partial charge in [-0.05, 0) is 26.8 Å². The average molecular weight is 390 g/mol. The number of anilines is 1. The number of hydrogen-bond donors (Lipinski definition) is 6. The van der Waals surface area contributed by atoms with Crippen LogP contribution in [-0.2, 0) is 0 Å². The Kier molecular flexibility index (Phi) is 5.81. The number of carboxylic acid groups (broad SMARTS) is 2. The van der Waals surface area contributed by atoms with Crippen LogP contribution in [0.15, 0.2) is 16.9 Å². The fraction of sp³-hybridized carbons (Fsp3) is 0.235. The van der Waals surface area contributed by atoms with E-state index in [1.165, 1.54) is 12.1 Å². The van der Waals surface area contributed by atoms with E-state index in [-0.39, 0.29) is 16.8 Å². The van der Waals surface area contributed by atoms with Crippen LogP contribution in [-0.4, -0.2) is 50.4 Å². The lowest BCUT2D eigenvalue weighted by molar-refractivity contribution is 0.0695. The van der Waals surface area contributed by atoms with Gasteiger partial charge in [-0.25, -0.2) is 9.59 Å². The molecule has 7 N–H and O–H groups in total. The van der Waals surface area contributed by atoms with E-state index in [1.807, 2.05) is 4.98 Å². The summed E-state index contributed by atoms with van der Waals surface area (Å²) in [7, 11) is -1.99. The Morgan fingerprint density at radius 1 is 1.14 bits per heavy atom. The smallest absolute Gasteiger partial charge is 0.491 e. The molecule has 0 aliphatic heterocycles. The normalized spacial score (nSPS) is 10.8. The van der Waals surface area contributed by atoms with Gasteiger partial charge in [0.1, 0.15) is 22.7 Å². The van der Waals surface area contributed by atoms with Crippen molar-refractivity contribution in [3.63, 3.8) is 0 Å². The predicted molar refractivity (Wildman–Crippen MR) is 101 cm³/mol. The molecule has 0 fully saturated rings. The number of aryl methyl sites for hydroxylation is 1. The summed E-state index contributed by atoms with van der Waals surface area (Å²) in [5.74, 6) is -3.96. The highest BCUT2D eigenvalue weighted by atomic mass is 16.5. The molecule has 0 saturated heterocycles. The fourth-order valence-electron chi connectivity index (χ4n) is 2.86. The molecule has 0 atom stereocenters. The number of aromatic amines is 1. The topological polar surface area (TPSA) is 183 Å². The van der Waals surface area contributed by atoms with Gasteiger partial charge in [-0.15, -0.1) is 0 Å². The third-order valence-electron chi connectivity index (χ3n) is 3.84. The Morgan fingerprint density at radius 3 is 2.18 bits per heavy atom. The molecule has 1 heterocycles. The van der Waals surface area contributed by atoms with Crippen LogP contribution in [0.4, 0.5) is 5.82 Å². The van der Waals surface area contributed by atoms with Crippen molar-refractivity contribution in [2.75, 3.05) is 5.73 Å². The molecule has 28 heavy (non-hydrogen) atoms. The SMILES string of the molecule is Cc1cc(B(O)O)c(OC(C)C)c(-c2c(C(=O)O)c(N)[nH]c(=O)c2C(=O)O)c1. The number of H-pyrrole nitrogens is 1. The minimum atomic E-state index is -1.99. The van der Waals surface area contributed by atoms with Crippen molar-refractivity contribution >= 4 is 30.3 Å². The number of ether oxygens (including phenoxy) is 1. The molecule has 0 bridgehead atoms. The van der Waals surface area contributed by atoms with Gasteiger partial charge >= 0.3 is 19.1 Å². The molecule has 11 heteroatoms. The van der Waals surface area contributed by atoms with Crippen LogP contribution in [0.2, 0.25) is 0 Å². The van der Waals surface area contributed by atoms with E-state index in [4.69, 9.17) is 10.5 Å². The number of carboxylic acids is 2. The van der Waals surface area contributed by atoms with E-state index in [1.54, 1.807) is 20.8 Å². The maximum Gasteiger partial charge on any atom is 0.492 e. The van der Waals surface area contributed by atoms with Crippen LogP contribution in [0.5, 0.6) is 5.75 Å². The number of nitrogens with two attached hydrogens (primary N) is 1. The van der Waals surface area contributed by atoms with Crippen molar-refractivity contribution in [2.45, 2.75) is 26.9 Å². The first-order chi connectivity index (χ1) is 13.0. The molecular weight excluding hydrogens is 371 g/mol. The summed E-state index contributed by atoms with van der Waals surface area (Å²) in [6.07, 6.45) is -0.486. The molecule has 2 rings (SSSR count). The van der Waals surface area contributed by atoms with Gasteiger partial charge in [0.05, 0.1) is 6.10 Å². The van der Waals surface area contributed by atoms with Crippen LogP contribution in [0, 0.1) is 6.92 Å². The number of rotatable bonds is 6. The Hall–Kier alpha value is -3.31. The molecule has 10 nitrogen and oxygen atoms in total. The highest BCUT2D eigenvalue weighted by molar-refractivity contribution is 6.60. The maximum atomic E-state index is 12.2. The van der Waals surface area contributed by atoms with Gasteiger partial charge in [0.15, 0.2) is 0 Å². The van der Waals surface area contributed by atoms with Gasteiger partial charge in [0.2, 0.25) is 0 Å². The minimum Gasteiger partial charge on any atom is -0.491 e. The van der Waals surface area contributed by atoms with Crippen LogP contribution < -0.4 is 21.5 Å². The van der Waals surface area contributed by atoms with E-state index in [0.29, 0.717) is 5.56 Å². The average Bonchev–Trinajstić information content (AvgIpc) is 2.53.